The molecule has 0 saturated carbocycles. The number of likely N-dealkylation sites (N-methyl/N-ethyl adjacent to an activating group) is 1. The maximum Gasteiger partial charge on any atom is 0.416 e. The smallest absolute Gasteiger partial charge is 0.330 e. The summed E-state index contributed by atoms with van der Waals surface area (Å²) < 4.78 is 40.8. The zero-order valence-electron chi connectivity index (χ0n) is 13.9. The first-order chi connectivity index (χ1) is 12.3. The molecule has 1 fully saturated rings. The highest BCUT2D eigenvalue weighted by molar-refractivity contribution is 8.14. The standard InChI is InChI=1S/C16H17F3N4OS2/c1-22-6-8-23(9-7-22)15(24)26-21-14-20-13(10-25-14)11-2-4-12(5-3-11)16(17,18)19/h2-5,10H,6-9H2,1H3,(H,20,21). The Kier molecular flexibility index (Phi) is 5.73. The van der Waals surface area contributed by atoms with Gasteiger partial charge in [0, 0.05) is 49.1 Å². The molecule has 0 unspecified atom stereocenters. The Hall–Kier alpha value is -1.78. The maximum atomic E-state index is 12.6. The van der Waals surface area contributed by atoms with Gasteiger partial charge in [0.05, 0.1) is 11.3 Å². The average molecular weight is 402 g/mol. The van der Waals surface area contributed by atoms with Crippen molar-refractivity contribution in [2.75, 3.05) is 37.9 Å². The zero-order chi connectivity index (χ0) is 18.7. The first-order valence-corrected chi connectivity index (χ1v) is 9.56. The number of hydrogen-bond acceptors (Lipinski definition) is 6. The van der Waals surface area contributed by atoms with E-state index in [-0.39, 0.29) is 5.24 Å². The van der Waals surface area contributed by atoms with Gasteiger partial charge in [-0.1, -0.05) is 12.1 Å². The van der Waals surface area contributed by atoms with E-state index in [2.05, 4.69) is 14.6 Å². The molecule has 0 atom stereocenters. The number of hydrogen-bond donors (Lipinski definition) is 1. The molecule has 2 heterocycles. The summed E-state index contributed by atoms with van der Waals surface area (Å²) in [4.78, 5) is 20.4. The van der Waals surface area contributed by atoms with Crippen LogP contribution in [0.4, 0.5) is 23.1 Å². The Morgan fingerprint density at radius 3 is 2.46 bits per heavy atom. The normalized spacial score (nSPS) is 15.9. The van der Waals surface area contributed by atoms with Crippen molar-refractivity contribution in [3.05, 3.63) is 35.2 Å². The molecular weight excluding hydrogens is 385 g/mol. The number of nitrogens with zero attached hydrogens (tertiary/aromatic N) is 3. The van der Waals surface area contributed by atoms with Crippen molar-refractivity contribution in [1.82, 2.24) is 14.8 Å². The summed E-state index contributed by atoms with van der Waals surface area (Å²) in [6.07, 6.45) is -4.35. The average Bonchev–Trinajstić information content (AvgIpc) is 3.09. The van der Waals surface area contributed by atoms with Crippen LogP contribution in [-0.4, -0.2) is 53.2 Å². The Bertz CT molecular complexity index is 756. The fraction of sp³-hybridized carbons (Fsp3) is 0.375. The minimum Gasteiger partial charge on any atom is -0.330 e. The van der Waals surface area contributed by atoms with Crippen LogP contribution in [0.3, 0.4) is 0 Å². The second-order valence-corrected chi connectivity index (χ2v) is 7.49. The van der Waals surface area contributed by atoms with Crippen LogP contribution in [-0.2, 0) is 6.18 Å². The predicted octanol–water partition coefficient (Wildman–Crippen LogP) is 4.26. The van der Waals surface area contributed by atoms with Crippen LogP contribution in [0, 0.1) is 0 Å². The molecule has 2 aromatic rings. The third kappa shape index (κ3) is 4.68. The van der Waals surface area contributed by atoms with Crippen molar-refractivity contribution in [2.45, 2.75) is 6.18 Å². The molecule has 1 aromatic carbocycles. The van der Waals surface area contributed by atoms with E-state index < -0.39 is 11.7 Å². The third-order valence-corrected chi connectivity index (χ3v) is 5.61. The minimum absolute atomic E-state index is 0.0654. The van der Waals surface area contributed by atoms with Crippen molar-refractivity contribution in [3.8, 4) is 11.3 Å². The second-order valence-electron chi connectivity index (χ2n) is 5.87. The van der Waals surface area contributed by atoms with Gasteiger partial charge < -0.3 is 9.80 Å². The molecule has 1 N–H and O–H groups in total. The van der Waals surface area contributed by atoms with E-state index in [0.29, 0.717) is 29.5 Å². The molecule has 0 bridgehead atoms. The Morgan fingerprint density at radius 2 is 1.85 bits per heavy atom. The van der Waals surface area contributed by atoms with Crippen molar-refractivity contribution in [2.24, 2.45) is 0 Å². The minimum atomic E-state index is -4.35. The number of rotatable bonds is 3. The Balaban J connectivity index is 1.57. The number of halogens is 3. The molecule has 26 heavy (non-hydrogen) atoms. The number of piperazine rings is 1. The highest BCUT2D eigenvalue weighted by Crippen LogP contribution is 2.32. The number of carbonyl (C=O) groups excluding carboxylic acids is 1. The number of benzene rings is 1. The monoisotopic (exact) mass is 402 g/mol. The molecule has 0 spiro atoms. The SMILES string of the molecule is CN1CCN(C(=O)SNc2nc(-c3ccc(C(F)(F)F)cc3)cs2)CC1. The second kappa shape index (κ2) is 7.85. The van der Waals surface area contributed by atoms with Crippen molar-refractivity contribution in [1.29, 1.82) is 0 Å². The lowest BCUT2D eigenvalue weighted by Gasteiger charge is -2.31. The van der Waals surface area contributed by atoms with Gasteiger partial charge in [-0.3, -0.25) is 9.52 Å². The van der Waals surface area contributed by atoms with Crippen LogP contribution in [0.1, 0.15) is 5.56 Å². The molecule has 1 aromatic heterocycles. The van der Waals surface area contributed by atoms with Gasteiger partial charge >= 0.3 is 11.4 Å². The van der Waals surface area contributed by atoms with E-state index in [1.165, 1.54) is 23.5 Å². The molecule has 1 aliphatic heterocycles. The molecule has 10 heteroatoms. The van der Waals surface area contributed by atoms with E-state index in [0.717, 1.165) is 37.2 Å². The van der Waals surface area contributed by atoms with E-state index in [4.69, 9.17) is 0 Å². The Morgan fingerprint density at radius 1 is 1.19 bits per heavy atom. The van der Waals surface area contributed by atoms with Gasteiger partial charge in [-0.15, -0.1) is 11.3 Å². The lowest BCUT2D eigenvalue weighted by Crippen LogP contribution is -2.46. The number of thiazole rings is 1. The van der Waals surface area contributed by atoms with E-state index in [1.807, 2.05) is 7.05 Å². The van der Waals surface area contributed by atoms with Crippen LogP contribution in [0.15, 0.2) is 29.6 Å². The van der Waals surface area contributed by atoms with Crippen molar-refractivity contribution >= 4 is 33.7 Å². The van der Waals surface area contributed by atoms with Gasteiger partial charge in [0.2, 0.25) is 0 Å². The first kappa shape index (κ1) is 19.0. The van der Waals surface area contributed by atoms with Crippen LogP contribution in [0.5, 0.6) is 0 Å². The largest absolute Gasteiger partial charge is 0.416 e. The van der Waals surface area contributed by atoms with Crippen molar-refractivity contribution in [3.63, 3.8) is 0 Å². The molecule has 1 aliphatic rings. The first-order valence-electron chi connectivity index (χ1n) is 7.86. The summed E-state index contributed by atoms with van der Waals surface area (Å²) in [6.45, 7) is 3.08. The molecular formula is C16H17F3N4OS2. The summed E-state index contributed by atoms with van der Waals surface area (Å²) in [6, 6.07) is 4.86. The fourth-order valence-electron chi connectivity index (χ4n) is 2.42. The van der Waals surface area contributed by atoms with Crippen LogP contribution in [0.2, 0.25) is 0 Å². The summed E-state index contributed by atoms with van der Waals surface area (Å²) in [7, 11) is 2.02. The third-order valence-electron chi connectivity index (χ3n) is 4.00. The van der Waals surface area contributed by atoms with Gasteiger partial charge in [0.1, 0.15) is 0 Å². The number of amides is 1. The van der Waals surface area contributed by atoms with E-state index in [9.17, 15) is 18.0 Å². The highest BCUT2D eigenvalue weighted by atomic mass is 32.2. The predicted molar refractivity (Wildman–Crippen MR) is 98.2 cm³/mol. The lowest BCUT2D eigenvalue weighted by atomic mass is 10.1. The Labute approximate surface area is 157 Å². The summed E-state index contributed by atoms with van der Waals surface area (Å²) in [5.74, 6) is 0. The summed E-state index contributed by atoms with van der Waals surface area (Å²) in [5.41, 5.74) is 0.472. The summed E-state index contributed by atoms with van der Waals surface area (Å²) in [5, 5.41) is 2.21. The molecule has 140 valence electrons. The van der Waals surface area contributed by atoms with Gasteiger partial charge in [-0.05, 0) is 19.2 Å². The van der Waals surface area contributed by atoms with Gasteiger partial charge in [0.15, 0.2) is 5.13 Å². The van der Waals surface area contributed by atoms with Crippen LogP contribution < -0.4 is 4.72 Å². The van der Waals surface area contributed by atoms with Crippen molar-refractivity contribution < 1.29 is 18.0 Å². The highest BCUT2D eigenvalue weighted by Gasteiger charge is 2.30. The maximum absolute atomic E-state index is 12.6. The van der Waals surface area contributed by atoms with Gasteiger partial charge in [0.25, 0.3) is 0 Å². The quantitative estimate of drug-likeness (QED) is 0.778. The van der Waals surface area contributed by atoms with Crippen LogP contribution in [0.25, 0.3) is 11.3 Å². The molecule has 1 amide bonds. The summed E-state index contributed by atoms with van der Waals surface area (Å²) >= 11 is 2.27. The topological polar surface area (TPSA) is 48.5 Å². The fourth-order valence-corrected chi connectivity index (χ4v) is 3.84. The molecule has 0 aliphatic carbocycles. The number of carbonyl (C=O) groups is 1. The molecule has 5 nitrogen and oxygen atoms in total. The number of nitrogens with one attached hydrogen (secondary N) is 1. The number of anilines is 1. The molecule has 1 saturated heterocycles. The van der Waals surface area contributed by atoms with E-state index in [1.54, 1.807) is 10.3 Å². The number of alkyl halides is 3. The van der Waals surface area contributed by atoms with Gasteiger partial charge in [-0.2, -0.15) is 13.2 Å². The molecule has 3 rings (SSSR count). The molecule has 0 radical (unpaired) electrons. The van der Waals surface area contributed by atoms with Crippen LogP contribution >= 0.6 is 23.3 Å². The van der Waals surface area contributed by atoms with Gasteiger partial charge in [-0.25, -0.2) is 4.98 Å². The zero-order valence-corrected chi connectivity index (χ0v) is 15.5. The lowest BCUT2D eigenvalue weighted by molar-refractivity contribution is -0.137. The number of aromatic nitrogens is 1. The van der Waals surface area contributed by atoms with E-state index >= 15 is 0 Å².